The Morgan fingerprint density at radius 2 is 2.10 bits per heavy atom. The predicted octanol–water partition coefficient (Wildman–Crippen LogP) is 1.84. The second kappa shape index (κ2) is 6.33. The summed E-state index contributed by atoms with van der Waals surface area (Å²) in [5, 5.41) is 13.1. The van der Waals surface area contributed by atoms with Crippen molar-refractivity contribution in [3.63, 3.8) is 0 Å². The molecule has 0 aliphatic heterocycles. The first kappa shape index (κ1) is 14.9. The van der Waals surface area contributed by atoms with Gasteiger partial charge in [-0.25, -0.2) is 9.97 Å². The van der Waals surface area contributed by atoms with Crippen LogP contribution < -0.4 is 5.32 Å². The summed E-state index contributed by atoms with van der Waals surface area (Å²) in [4.78, 5) is 8.77. The lowest BCUT2D eigenvalue weighted by atomic mass is 10.0. The first-order valence-corrected chi connectivity index (χ1v) is 7.18. The molecule has 0 fully saturated rings. The number of aryl methyl sites for hydroxylation is 2. The molecule has 2 heterocycles. The Labute approximate surface area is 120 Å². The molecule has 0 spiro atoms. The molecule has 2 aromatic heterocycles. The third-order valence-corrected chi connectivity index (χ3v) is 3.56. The Morgan fingerprint density at radius 1 is 1.35 bits per heavy atom. The molecule has 5 nitrogen and oxygen atoms in total. The maximum Gasteiger partial charge on any atom is 0.234 e. The van der Waals surface area contributed by atoms with Gasteiger partial charge in [-0.2, -0.15) is 0 Å². The fourth-order valence-corrected chi connectivity index (χ4v) is 2.32. The first-order chi connectivity index (χ1) is 9.49. The van der Waals surface area contributed by atoms with E-state index in [-0.39, 0.29) is 6.10 Å². The number of aliphatic hydroxyl groups is 1. The van der Waals surface area contributed by atoms with Crippen molar-refractivity contribution < 1.29 is 5.11 Å². The quantitative estimate of drug-likeness (QED) is 0.790. The standard InChI is InChI=1S/C15H24N4O/c1-10(2)14(20)5-6-16-8-13-9-17-15-18-11(3)7-12(4)19(13)15/h7,9-10,14,16,20H,5-6,8H2,1-4H3. The Kier molecular flexibility index (Phi) is 4.73. The van der Waals surface area contributed by atoms with Crippen LogP contribution in [0.2, 0.25) is 0 Å². The van der Waals surface area contributed by atoms with Gasteiger partial charge in [-0.3, -0.25) is 4.40 Å². The van der Waals surface area contributed by atoms with E-state index in [0.717, 1.165) is 42.4 Å². The molecular weight excluding hydrogens is 252 g/mol. The van der Waals surface area contributed by atoms with Gasteiger partial charge in [-0.1, -0.05) is 13.8 Å². The molecule has 0 amide bonds. The summed E-state index contributed by atoms with van der Waals surface area (Å²) in [6.45, 7) is 9.64. The van der Waals surface area contributed by atoms with Gasteiger partial charge < -0.3 is 10.4 Å². The van der Waals surface area contributed by atoms with Crippen LogP contribution >= 0.6 is 0 Å². The molecule has 20 heavy (non-hydrogen) atoms. The Hall–Kier alpha value is -1.46. The minimum Gasteiger partial charge on any atom is -0.393 e. The van der Waals surface area contributed by atoms with E-state index < -0.39 is 0 Å². The number of hydrogen-bond acceptors (Lipinski definition) is 4. The molecule has 0 bridgehead atoms. The molecule has 2 aromatic rings. The van der Waals surface area contributed by atoms with Crippen LogP contribution in [0.4, 0.5) is 0 Å². The van der Waals surface area contributed by atoms with Crippen LogP contribution in [0.15, 0.2) is 12.3 Å². The molecule has 2 N–H and O–H groups in total. The average Bonchev–Trinajstić information content (AvgIpc) is 2.77. The predicted molar refractivity (Wildman–Crippen MR) is 79.6 cm³/mol. The van der Waals surface area contributed by atoms with E-state index >= 15 is 0 Å². The van der Waals surface area contributed by atoms with Gasteiger partial charge in [0.25, 0.3) is 0 Å². The molecule has 0 saturated carbocycles. The largest absolute Gasteiger partial charge is 0.393 e. The lowest BCUT2D eigenvalue weighted by Crippen LogP contribution is -2.24. The second-order valence-corrected chi connectivity index (χ2v) is 5.70. The highest BCUT2D eigenvalue weighted by atomic mass is 16.3. The summed E-state index contributed by atoms with van der Waals surface area (Å²) in [5.74, 6) is 1.06. The monoisotopic (exact) mass is 276 g/mol. The van der Waals surface area contributed by atoms with Gasteiger partial charge >= 0.3 is 0 Å². The van der Waals surface area contributed by atoms with Gasteiger partial charge in [-0.15, -0.1) is 0 Å². The van der Waals surface area contributed by atoms with Crippen LogP contribution in [0.3, 0.4) is 0 Å². The zero-order chi connectivity index (χ0) is 14.7. The van der Waals surface area contributed by atoms with E-state index in [1.54, 1.807) is 0 Å². The molecular formula is C15H24N4O. The van der Waals surface area contributed by atoms with Crippen molar-refractivity contribution in [2.24, 2.45) is 5.92 Å². The van der Waals surface area contributed by atoms with Crippen molar-refractivity contribution in [1.29, 1.82) is 0 Å². The molecule has 1 atom stereocenters. The lowest BCUT2D eigenvalue weighted by molar-refractivity contribution is 0.116. The summed E-state index contributed by atoms with van der Waals surface area (Å²) < 4.78 is 2.07. The summed E-state index contributed by atoms with van der Waals surface area (Å²) in [7, 11) is 0. The van der Waals surface area contributed by atoms with Gasteiger partial charge in [0.05, 0.1) is 18.0 Å². The third kappa shape index (κ3) is 3.35. The van der Waals surface area contributed by atoms with E-state index in [2.05, 4.69) is 32.7 Å². The Balaban J connectivity index is 1.97. The van der Waals surface area contributed by atoms with Crippen molar-refractivity contribution in [3.8, 4) is 0 Å². The topological polar surface area (TPSA) is 62.5 Å². The lowest BCUT2D eigenvalue weighted by Gasteiger charge is -2.14. The summed E-state index contributed by atoms with van der Waals surface area (Å²) >= 11 is 0. The Morgan fingerprint density at radius 3 is 2.80 bits per heavy atom. The van der Waals surface area contributed by atoms with Gasteiger partial charge in [0.2, 0.25) is 5.78 Å². The van der Waals surface area contributed by atoms with Crippen LogP contribution in [-0.2, 0) is 6.54 Å². The van der Waals surface area contributed by atoms with Crippen molar-refractivity contribution >= 4 is 5.78 Å². The van der Waals surface area contributed by atoms with Gasteiger partial charge in [-0.05, 0) is 38.8 Å². The summed E-state index contributed by atoms with van der Waals surface area (Å²) in [5.41, 5.74) is 3.23. The van der Waals surface area contributed by atoms with Crippen molar-refractivity contribution in [3.05, 3.63) is 29.3 Å². The van der Waals surface area contributed by atoms with Crippen molar-refractivity contribution in [1.82, 2.24) is 19.7 Å². The zero-order valence-corrected chi connectivity index (χ0v) is 12.7. The Bertz CT molecular complexity index is 577. The normalized spacial score (nSPS) is 13.3. The number of aliphatic hydroxyl groups excluding tert-OH is 1. The smallest absolute Gasteiger partial charge is 0.234 e. The van der Waals surface area contributed by atoms with Crippen LogP contribution in [0.25, 0.3) is 5.78 Å². The highest BCUT2D eigenvalue weighted by Gasteiger charge is 2.10. The van der Waals surface area contributed by atoms with E-state index in [1.165, 1.54) is 0 Å². The van der Waals surface area contributed by atoms with E-state index in [0.29, 0.717) is 5.92 Å². The highest BCUT2D eigenvalue weighted by Crippen LogP contribution is 2.10. The minimum absolute atomic E-state index is 0.240. The van der Waals surface area contributed by atoms with Crippen molar-refractivity contribution in [2.45, 2.75) is 46.8 Å². The van der Waals surface area contributed by atoms with E-state index in [1.807, 2.05) is 27.0 Å². The third-order valence-electron chi connectivity index (χ3n) is 3.56. The highest BCUT2D eigenvalue weighted by molar-refractivity contribution is 5.35. The van der Waals surface area contributed by atoms with Gasteiger partial charge in [0.1, 0.15) is 0 Å². The number of aromatic nitrogens is 3. The van der Waals surface area contributed by atoms with E-state index in [4.69, 9.17) is 0 Å². The summed E-state index contributed by atoms with van der Waals surface area (Å²) in [6, 6.07) is 2.06. The number of nitrogens with zero attached hydrogens (tertiary/aromatic N) is 3. The van der Waals surface area contributed by atoms with Crippen LogP contribution in [0.5, 0.6) is 0 Å². The van der Waals surface area contributed by atoms with Gasteiger partial charge in [0.15, 0.2) is 0 Å². The molecule has 0 radical (unpaired) electrons. The number of hydrogen-bond donors (Lipinski definition) is 2. The number of imidazole rings is 1. The van der Waals surface area contributed by atoms with Crippen LogP contribution in [0.1, 0.15) is 37.4 Å². The molecule has 0 aliphatic carbocycles. The molecule has 5 heteroatoms. The number of rotatable bonds is 6. The molecule has 2 rings (SSSR count). The molecule has 0 aromatic carbocycles. The van der Waals surface area contributed by atoms with Crippen LogP contribution in [0, 0.1) is 19.8 Å². The number of nitrogens with one attached hydrogen (secondary N) is 1. The fourth-order valence-electron chi connectivity index (χ4n) is 2.32. The average molecular weight is 276 g/mol. The molecule has 0 aliphatic rings. The first-order valence-electron chi connectivity index (χ1n) is 7.18. The van der Waals surface area contributed by atoms with Crippen molar-refractivity contribution in [2.75, 3.05) is 6.54 Å². The zero-order valence-electron chi connectivity index (χ0n) is 12.7. The molecule has 110 valence electrons. The molecule has 1 unspecified atom stereocenters. The second-order valence-electron chi connectivity index (χ2n) is 5.70. The summed E-state index contributed by atoms with van der Waals surface area (Å²) in [6.07, 6.45) is 2.39. The maximum absolute atomic E-state index is 9.76. The van der Waals surface area contributed by atoms with Gasteiger partial charge in [0, 0.05) is 17.9 Å². The minimum atomic E-state index is -0.240. The van der Waals surface area contributed by atoms with Crippen LogP contribution in [-0.4, -0.2) is 32.1 Å². The maximum atomic E-state index is 9.76. The SMILES string of the molecule is Cc1cc(C)n2c(CNCCC(O)C(C)C)cnc2n1. The van der Waals surface area contributed by atoms with E-state index in [9.17, 15) is 5.11 Å². The number of fused-ring (bicyclic) bond motifs is 1. The molecule has 0 saturated heterocycles. The fraction of sp³-hybridized carbons (Fsp3) is 0.600.